The van der Waals surface area contributed by atoms with Gasteiger partial charge < -0.3 is 14.9 Å². The summed E-state index contributed by atoms with van der Waals surface area (Å²) in [6.45, 7) is 5.34. The highest BCUT2D eigenvalue weighted by atomic mass is 19.1. The molecule has 2 aliphatic rings. The number of carbonyl (C=O) groups is 2. The van der Waals surface area contributed by atoms with Crippen molar-refractivity contribution in [2.24, 2.45) is 11.8 Å². The fraction of sp³-hybridized carbons (Fsp3) is 0.462. The van der Waals surface area contributed by atoms with E-state index >= 15 is 0 Å². The number of piperidine rings is 1. The van der Waals surface area contributed by atoms with Crippen LogP contribution in [0.2, 0.25) is 0 Å². The second-order valence-electron chi connectivity index (χ2n) is 9.26. The molecule has 2 aliphatic heterocycles. The van der Waals surface area contributed by atoms with Crippen LogP contribution >= 0.6 is 0 Å². The molecule has 2 saturated heterocycles. The van der Waals surface area contributed by atoms with Gasteiger partial charge in [0, 0.05) is 56.9 Å². The molecule has 0 spiro atoms. The molecule has 0 saturated carbocycles. The van der Waals surface area contributed by atoms with E-state index in [0.717, 1.165) is 44.8 Å². The first kappa shape index (κ1) is 24.1. The molecular weight excluding hydrogens is 440 g/mol. The van der Waals surface area contributed by atoms with Crippen LogP contribution in [0, 0.1) is 23.5 Å². The molecule has 2 heterocycles. The maximum absolute atomic E-state index is 13.2. The summed E-state index contributed by atoms with van der Waals surface area (Å²) in [6.07, 6.45) is 1.59. The molecule has 182 valence electrons. The topological polar surface area (TPSA) is 64.1 Å². The van der Waals surface area contributed by atoms with Crippen LogP contribution in [0.25, 0.3) is 0 Å². The fourth-order valence-electron chi connectivity index (χ4n) is 5.09. The molecule has 0 radical (unpaired) electrons. The van der Waals surface area contributed by atoms with E-state index in [-0.39, 0.29) is 35.8 Å². The molecule has 2 aromatic carbocycles. The molecule has 2 aromatic rings. The van der Waals surface area contributed by atoms with Crippen molar-refractivity contribution in [3.8, 4) is 0 Å². The Balaban J connectivity index is 1.33. The van der Waals surface area contributed by atoms with Crippen molar-refractivity contribution in [3.05, 3.63) is 65.7 Å². The Morgan fingerprint density at radius 3 is 2.09 bits per heavy atom. The number of hydrogen-bond donors (Lipinski definition) is 1. The van der Waals surface area contributed by atoms with Crippen molar-refractivity contribution >= 4 is 17.6 Å². The third-order valence-corrected chi connectivity index (χ3v) is 7.09. The van der Waals surface area contributed by atoms with E-state index in [1.807, 2.05) is 0 Å². The molecule has 1 amide bonds. The Bertz CT molecular complexity index is 976. The summed E-state index contributed by atoms with van der Waals surface area (Å²) in [4.78, 5) is 30.8. The molecule has 0 bridgehead atoms. The van der Waals surface area contributed by atoms with Gasteiger partial charge in [0.05, 0.1) is 0 Å². The molecule has 8 heteroatoms. The minimum absolute atomic E-state index is 0.0373. The van der Waals surface area contributed by atoms with Crippen LogP contribution in [0.4, 0.5) is 14.5 Å². The predicted molar refractivity (Wildman–Crippen MR) is 126 cm³/mol. The highest BCUT2D eigenvalue weighted by Gasteiger charge is 2.33. The van der Waals surface area contributed by atoms with Gasteiger partial charge in [0.1, 0.15) is 11.6 Å². The van der Waals surface area contributed by atoms with E-state index in [1.54, 1.807) is 17.0 Å². The number of hydrogen-bond acceptors (Lipinski definition) is 4. The Morgan fingerprint density at radius 2 is 1.47 bits per heavy atom. The van der Waals surface area contributed by atoms with E-state index in [0.29, 0.717) is 25.1 Å². The number of amides is 1. The summed E-state index contributed by atoms with van der Waals surface area (Å²) in [6, 6.07) is 12.1. The van der Waals surface area contributed by atoms with Gasteiger partial charge in [-0.2, -0.15) is 0 Å². The number of halogens is 2. The Labute approximate surface area is 198 Å². The third kappa shape index (κ3) is 6.11. The van der Waals surface area contributed by atoms with Gasteiger partial charge in [-0.1, -0.05) is 0 Å². The Kier molecular flexibility index (Phi) is 7.77. The van der Waals surface area contributed by atoms with Crippen LogP contribution in [0.1, 0.15) is 29.6 Å². The van der Waals surface area contributed by atoms with Gasteiger partial charge in [-0.25, -0.2) is 8.78 Å². The van der Waals surface area contributed by atoms with Gasteiger partial charge >= 0.3 is 5.97 Å². The monoisotopic (exact) mass is 471 g/mol. The summed E-state index contributed by atoms with van der Waals surface area (Å²) >= 11 is 0. The number of rotatable bonds is 7. The number of likely N-dealkylation sites (tertiary alicyclic amines) is 1. The van der Waals surface area contributed by atoms with E-state index in [2.05, 4.69) is 9.80 Å². The molecule has 2 unspecified atom stereocenters. The van der Waals surface area contributed by atoms with Crippen molar-refractivity contribution < 1.29 is 23.5 Å². The lowest BCUT2D eigenvalue weighted by Gasteiger charge is -2.40. The van der Waals surface area contributed by atoms with Crippen LogP contribution in [-0.4, -0.2) is 72.6 Å². The molecule has 0 aromatic heterocycles. The van der Waals surface area contributed by atoms with Crippen LogP contribution < -0.4 is 4.90 Å². The summed E-state index contributed by atoms with van der Waals surface area (Å²) in [7, 11) is 0. The summed E-state index contributed by atoms with van der Waals surface area (Å²) in [5.74, 6) is -1.42. The highest BCUT2D eigenvalue weighted by molar-refractivity contribution is 5.94. The molecular formula is C26H31F2N3O3. The number of nitrogens with zero attached hydrogens (tertiary/aromatic N) is 3. The Morgan fingerprint density at radius 1 is 0.853 bits per heavy atom. The normalized spacial score (nSPS) is 21.5. The van der Waals surface area contributed by atoms with E-state index in [4.69, 9.17) is 0 Å². The minimum Gasteiger partial charge on any atom is -0.481 e. The van der Waals surface area contributed by atoms with Gasteiger partial charge in [0.2, 0.25) is 0 Å². The van der Waals surface area contributed by atoms with Crippen molar-refractivity contribution in [3.63, 3.8) is 0 Å². The summed E-state index contributed by atoms with van der Waals surface area (Å²) in [5.41, 5.74) is 1.47. The van der Waals surface area contributed by atoms with Crippen molar-refractivity contribution in [1.29, 1.82) is 0 Å². The zero-order valence-corrected chi connectivity index (χ0v) is 19.2. The number of carboxylic acids is 1. The van der Waals surface area contributed by atoms with Crippen molar-refractivity contribution in [2.45, 2.75) is 19.3 Å². The van der Waals surface area contributed by atoms with E-state index in [1.165, 1.54) is 36.4 Å². The van der Waals surface area contributed by atoms with Crippen LogP contribution in [-0.2, 0) is 4.79 Å². The number of anilines is 1. The third-order valence-electron chi connectivity index (χ3n) is 7.09. The smallest absolute Gasteiger partial charge is 0.303 e. The fourth-order valence-corrected chi connectivity index (χ4v) is 5.09. The van der Waals surface area contributed by atoms with E-state index < -0.39 is 5.97 Å². The SMILES string of the molecule is O=C(O)CC1CCN(C(=O)c2ccc(F)cc2)CC1CCN1CCN(c2ccc(F)cc2)CC1. The van der Waals surface area contributed by atoms with Crippen LogP contribution in [0.15, 0.2) is 48.5 Å². The number of benzene rings is 2. The largest absolute Gasteiger partial charge is 0.481 e. The summed E-state index contributed by atoms with van der Waals surface area (Å²) in [5, 5.41) is 9.38. The molecule has 2 fully saturated rings. The average Bonchev–Trinajstić information content (AvgIpc) is 2.84. The second-order valence-corrected chi connectivity index (χ2v) is 9.26. The lowest BCUT2D eigenvalue weighted by molar-refractivity contribution is -0.139. The highest BCUT2D eigenvalue weighted by Crippen LogP contribution is 2.30. The van der Waals surface area contributed by atoms with Gasteiger partial charge in [-0.05, 0) is 79.8 Å². The van der Waals surface area contributed by atoms with Crippen molar-refractivity contribution in [1.82, 2.24) is 9.80 Å². The second kappa shape index (κ2) is 11.0. The lowest BCUT2D eigenvalue weighted by Crippen LogP contribution is -2.48. The molecule has 2 atom stereocenters. The zero-order valence-electron chi connectivity index (χ0n) is 19.2. The van der Waals surface area contributed by atoms with Crippen molar-refractivity contribution in [2.75, 3.05) is 50.7 Å². The number of carbonyl (C=O) groups excluding carboxylic acids is 1. The maximum Gasteiger partial charge on any atom is 0.303 e. The number of piperazine rings is 1. The number of aliphatic carboxylic acids is 1. The lowest BCUT2D eigenvalue weighted by atomic mass is 9.81. The molecule has 6 nitrogen and oxygen atoms in total. The molecule has 1 N–H and O–H groups in total. The van der Waals surface area contributed by atoms with Gasteiger partial charge in [-0.3, -0.25) is 14.5 Å². The van der Waals surface area contributed by atoms with Crippen LogP contribution in [0.5, 0.6) is 0 Å². The zero-order chi connectivity index (χ0) is 24.1. The predicted octanol–water partition coefficient (Wildman–Crippen LogP) is 3.73. The minimum atomic E-state index is -0.804. The first-order chi connectivity index (χ1) is 16.4. The molecule has 34 heavy (non-hydrogen) atoms. The molecule has 4 rings (SSSR count). The maximum atomic E-state index is 13.2. The average molecular weight is 472 g/mol. The first-order valence-electron chi connectivity index (χ1n) is 11.9. The van der Waals surface area contributed by atoms with Gasteiger partial charge in [0.25, 0.3) is 5.91 Å². The first-order valence-corrected chi connectivity index (χ1v) is 11.9. The Hall–Kier alpha value is -3.00. The molecule has 0 aliphatic carbocycles. The standard InChI is InChI=1S/C26H31F2N3O3/c27-22-3-1-19(2-4-22)26(34)31-12-10-20(17-25(32)33)21(18-31)9-11-29-13-15-30(16-14-29)24-7-5-23(28)6-8-24/h1-8,20-21H,9-18H2,(H,32,33). The van der Waals surface area contributed by atoms with E-state index in [9.17, 15) is 23.5 Å². The van der Waals surface area contributed by atoms with Gasteiger partial charge in [-0.15, -0.1) is 0 Å². The van der Waals surface area contributed by atoms with Crippen LogP contribution in [0.3, 0.4) is 0 Å². The van der Waals surface area contributed by atoms with Gasteiger partial charge in [0.15, 0.2) is 0 Å². The number of carboxylic acid groups (broad SMARTS) is 1. The summed E-state index contributed by atoms with van der Waals surface area (Å²) < 4.78 is 26.4. The quantitative estimate of drug-likeness (QED) is 0.667.